The van der Waals surface area contributed by atoms with Gasteiger partial charge in [0, 0.05) is 30.1 Å². The van der Waals surface area contributed by atoms with Crippen LogP contribution in [-0.2, 0) is 21.4 Å². The van der Waals surface area contributed by atoms with Crippen molar-refractivity contribution in [3.8, 4) is 0 Å². The van der Waals surface area contributed by atoms with Crippen LogP contribution in [0.4, 0.5) is 4.39 Å². The van der Waals surface area contributed by atoms with Gasteiger partial charge < -0.3 is 5.32 Å². The van der Waals surface area contributed by atoms with E-state index in [1.54, 1.807) is 30.3 Å². The van der Waals surface area contributed by atoms with E-state index in [1.165, 1.54) is 21.7 Å². The fourth-order valence-electron chi connectivity index (χ4n) is 3.02. The van der Waals surface area contributed by atoms with E-state index in [0.29, 0.717) is 29.2 Å². The maximum Gasteiger partial charge on any atom is 0.252 e. The molecule has 0 bridgehead atoms. The summed E-state index contributed by atoms with van der Waals surface area (Å²) in [7, 11) is -3.57. The minimum absolute atomic E-state index is 0.0961. The number of aryl methyl sites for hydroxylation is 1. The van der Waals surface area contributed by atoms with E-state index in [2.05, 4.69) is 5.32 Å². The minimum Gasteiger partial charge on any atom is -0.352 e. The SMILES string of the molecule is Cc1ccc(S(=O)(=O)N2CCC[C@@H](C(=O)NCc3ccccc3F)C2)s1. The fraction of sp³-hybridized carbons (Fsp3) is 0.389. The van der Waals surface area contributed by atoms with Gasteiger partial charge >= 0.3 is 0 Å². The Hall–Kier alpha value is -1.77. The molecule has 2 heterocycles. The molecule has 1 amide bonds. The van der Waals surface area contributed by atoms with Gasteiger partial charge in [0.25, 0.3) is 10.0 Å². The van der Waals surface area contributed by atoms with Gasteiger partial charge in [-0.1, -0.05) is 18.2 Å². The van der Waals surface area contributed by atoms with Crippen molar-refractivity contribution in [3.05, 3.63) is 52.7 Å². The topological polar surface area (TPSA) is 66.5 Å². The van der Waals surface area contributed by atoms with Gasteiger partial charge in [-0.05, 0) is 38.0 Å². The molecule has 140 valence electrons. The van der Waals surface area contributed by atoms with Gasteiger partial charge in [-0.2, -0.15) is 4.31 Å². The number of hydrogen-bond acceptors (Lipinski definition) is 4. The lowest BCUT2D eigenvalue weighted by atomic mass is 9.98. The summed E-state index contributed by atoms with van der Waals surface area (Å²) in [5.74, 6) is -1.03. The number of amides is 1. The largest absolute Gasteiger partial charge is 0.352 e. The lowest BCUT2D eigenvalue weighted by Crippen LogP contribution is -2.45. The van der Waals surface area contributed by atoms with Gasteiger partial charge in [0.1, 0.15) is 10.0 Å². The maximum absolute atomic E-state index is 13.7. The van der Waals surface area contributed by atoms with E-state index in [0.717, 1.165) is 4.88 Å². The summed E-state index contributed by atoms with van der Waals surface area (Å²) in [6.07, 6.45) is 1.25. The molecule has 3 rings (SSSR count). The molecule has 26 heavy (non-hydrogen) atoms. The summed E-state index contributed by atoms with van der Waals surface area (Å²) >= 11 is 1.24. The zero-order valence-corrected chi connectivity index (χ0v) is 16.1. The van der Waals surface area contributed by atoms with Crippen molar-refractivity contribution in [2.45, 2.75) is 30.5 Å². The predicted molar refractivity (Wildman–Crippen MR) is 98.8 cm³/mol. The van der Waals surface area contributed by atoms with Gasteiger partial charge in [0.15, 0.2) is 0 Å². The number of halogens is 1. The van der Waals surface area contributed by atoms with Crippen molar-refractivity contribution in [1.82, 2.24) is 9.62 Å². The lowest BCUT2D eigenvalue weighted by molar-refractivity contribution is -0.126. The van der Waals surface area contributed by atoms with Crippen molar-refractivity contribution in [2.24, 2.45) is 5.92 Å². The number of carbonyl (C=O) groups excluding carboxylic acids is 1. The summed E-state index contributed by atoms with van der Waals surface area (Å²) in [4.78, 5) is 13.4. The quantitative estimate of drug-likeness (QED) is 0.845. The van der Waals surface area contributed by atoms with Crippen LogP contribution in [0.1, 0.15) is 23.3 Å². The second kappa shape index (κ2) is 7.85. The number of carbonyl (C=O) groups is 1. The van der Waals surface area contributed by atoms with Gasteiger partial charge in [-0.25, -0.2) is 12.8 Å². The highest BCUT2D eigenvalue weighted by atomic mass is 32.2. The predicted octanol–water partition coefficient (Wildman–Crippen LogP) is 2.91. The van der Waals surface area contributed by atoms with E-state index < -0.39 is 15.9 Å². The van der Waals surface area contributed by atoms with Crippen LogP contribution in [-0.4, -0.2) is 31.7 Å². The molecular weight excluding hydrogens is 375 g/mol. The molecule has 1 fully saturated rings. The van der Waals surface area contributed by atoms with Crippen LogP contribution >= 0.6 is 11.3 Å². The molecule has 0 unspecified atom stereocenters. The fourth-order valence-corrected chi connectivity index (χ4v) is 5.98. The Balaban J connectivity index is 1.64. The van der Waals surface area contributed by atoms with E-state index >= 15 is 0 Å². The molecule has 0 spiro atoms. The third-order valence-electron chi connectivity index (χ3n) is 4.48. The molecule has 1 saturated heterocycles. The minimum atomic E-state index is -3.57. The van der Waals surface area contributed by atoms with Crippen LogP contribution in [0, 0.1) is 18.7 Å². The van der Waals surface area contributed by atoms with Crippen LogP contribution in [0.25, 0.3) is 0 Å². The number of hydrogen-bond donors (Lipinski definition) is 1. The highest BCUT2D eigenvalue weighted by Gasteiger charge is 2.33. The molecule has 0 saturated carbocycles. The highest BCUT2D eigenvalue weighted by Crippen LogP contribution is 2.28. The van der Waals surface area contributed by atoms with Gasteiger partial charge in [-0.15, -0.1) is 11.3 Å². The van der Waals surface area contributed by atoms with Crippen molar-refractivity contribution in [1.29, 1.82) is 0 Å². The molecule has 1 aliphatic rings. The van der Waals surface area contributed by atoms with Crippen molar-refractivity contribution in [3.63, 3.8) is 0 Å². The Morgan fingerprint density at radius 1 is 1.31 bits per heavy atom. The van der Waals surface area contributed by atoms with Crippen molar-refractivity contribution >= 4 is 27.3 Å². The van der Waals surface area contributed by atoms with Crippen LogP contribution < -0.4 is 5.32 Å². The average molecular weight is 397 g/mol. The Morgan fingerprint density at radius 2 is 2.08 bits per heavy atom. The molecule has 0 aliphatic carbocycles. The lowest BCUT2D eigenvalue weighted by Gasteiger charge is -2.30. The molecule has 2 aromatic rings. The third kappa shape index (κ3) is 4.13. The molecule has 1 N–H and O–H groups in total. The first kappa shape index (κ1) is 19.0. The zero-order chi connectivity index (χ0) is 18.7. The number of rotatable bonds is 5. The maximum atomic E-state index is 13.7. The molecule has 0 radical (unpaired) electrons. The first-order valence-electron chi connectivity index (χ1n) is 8.45. The van der Waals surface area contributed by atoms with E-state index in [1.807, 2.05) is 6.92 Å². The van der Waals surface area contributed by atoms with Crippen LogP contribution in [0.3, 0.4) is 0 Å². The highest BCUT2D eigenvalue weighted by molar-refractivity contribution is 7.91. The van der Waals surface area contributed by atoms with Gasteiger partial charge in [0.2, 0.25) is 5.91 Å². The first-order valence-corrected chi connectivity index (χ1v) is 10.7. The Kier molecular flexibility index (Phi) is 5.74. The molecule has 1 aliphatic heterocycles. The molecule has 1 atom stereocenters. The number of nitrogens with zero attached hydrogens (tertiary/aromatic N) is 1. The Labute approximate surface area is 156 Å². The van der Waals surface area contributed by atoms with Crippen LogP contribution in [0.15, 0.2) is 40.6 Å². The molecule has 5 nitrogen and oxygen atoms in total. The number of thiophene rings is 1. The number of piperidine rings is 1. The summed E-state index contributed by atoms with van der Waals surface area (Å²) in [5, 5.41) is 2.73. The van der Waals surface area contributed by atoms with Crippen LogP contribution in [0.5, 0.6) is 0 Å². The number of benzene rings is 1. The van der Waals surface area contributed by atoms with Crippen LogP contribution in [0.2, 0.25) is 0 Å². The molecule has 1 aromatic carbocycles. The van der Waals surface area contributed by atoms with Gasteiger partial charge in [0.05, 0.1) is 5.92 Å². The summed E-state index contributed by atoms with van der Waals surface area (Å²) in [6, 6.07) is 9.66. The normalized spacial score (nSPS) is 18.6. The zero-order valence-electron chi connectivity index (χ0n) is 14.4. The molecule has 1 aromatic heterocycles. The number of nitrogens with one attached hydrogen (secondary N) is 1. The van der Waals surface area contributed by atoms with E-state index in [9.17, 15) is 17.6 Å². The first-order chi connectivity index (χ1) is 12.4. The molecular formula is C18H21FN2O3S2. The van der Waals surface area contributed by atoms with Crippen molar-refractivity contribution < 1.29 is 17.6 Å². The van der Waals surface area contributed by atoms with Crippen molar-refractivity contribution in [2.75, 3.05) is 13.1 Å². The monoisotopic (exact) mass is 396 g/mol. The summed E-state index contributed by atoms with van der Waals surface area (Å²) in [5.41, 5.74) is 0.412. The second-order valence-corrected chi connectivity index (χ2v) is 9.83. The Morgan fingerprint density at radius 3 is 2.77 bits per heavy atom. The summed E-state index contributed by atoms with van der Waals surface area (Å²) in [6.45, 7) is 2.52. The van der Waals surface area contributed by atoms with E-state index in [4.69, 9.17) is 0 Å². The Bertz CT molecular complexity index is 895. The smallest absolute Gasteiger partial charge is 0.252 e. The third-order valence-corrected chi connectivity index (χ3v) is 7.81. The molecule has 8 heteroatoms. The second-order valence-electron chi connectivity index (χ2n) is 6.38. The standard InChI is InChI=1S/C18H21FN2O3S2/c1-13-8-9-17(25-13)26(23,24)21-10-4-6-15(12-21)18(22)20-11-14-5-2-3-7-16(14)19/h2-3,5,7-9,15H,4,6,10-12H2,1H3,(H,20,22)/t15-/m1/s1. The van der Waals surface area contributed by atoms with E-state index in [-0.39, 0.29) is 24.8 Å². The summed E-state index contributed by atoms with van der Waals surface area (Å²) < 4.78 is 40.8. The number of sulfonamides is 1. The van der Waals surface area contributed by atoms with Gasteiger partial charge in [-0.3, -0.25) is 4.79 Å². The average Bonchev–Trinajstić information content (AvgIpc) is 3.08.